The van der Waals surface area contributed by atoms with E-state index in [0.717, 1.165) is 24.7 Å². The van der Waals surface area contributed by atoms with Crippen molar-refractivity contribution in [3.05, 3.63) is 76.3 Å². The Labute approximate surface area is 304 Å². The molecular formula is C35H38ClF3N4O8S. The largest absolute Gasteiger partial charge is 0.573 e. The molecule has 5 rings (SSSR count). The van der Waals surface area contributed by atoms with Crippen LogP contribution in [-0.4, -0.2) is 65.4 Å². The molecule has 1 aliphatic carbocycles. The van der Waals surface area contributed by atoms with Gasteiger partial charge in [0.05, 0.1) is 31.9 Å². The molecule has 1 heterocycles. The van der Waals surface area contributed by atoms with Gasteiger partial charge in [-0.15, -0.1) is 13.2 Å². The third kappa shape index (κ3) is 8.84. The van der Waals surface area contributed by atoms with Gasteiger partial charge in [0, 0.05) is 51.8 Å². The number of carbonyl (C=O) groups is 2. The number of ether oxygens (including phenoxy) is 3. The van der Waals surface area contributed by atoms with Crippen LogP contribution in [0.3, 0.4) is 0 Å². The fourth-order valence-electron chi connectivity index (χ4n) is 6.06. The fraction of sp³-hybridized carbons (Fsp3) is 0.400. The Bertz CT molecular complexity index is 2000. The third-order valence-electron chi connectivity index (χ3n) is 8.72. The smallest absolute Gasteiger partial charge is 0.497 e. The van der Waals surface area contributed by atoms with Crippen molar-refractivity contribution in [1.29, 1.82) is 0 Å². The minimum absolute atomic E-state index is 0.251. The molecule has 0 aromatic heterocycles. The van der Waals surface area contributed by atoms with Crippen molar-refractivity contribution in [2.75, 3.05) is 37.2 Å². The number of fused-ring (bicyclic) bond motifs is 2. The normalized spacial score (nSPS) is 16.2. The molecule has 2 unspecified atom stereocenters. The summed E-state index contributed by atoms with van der Waals surface area (Å²) in [4.78, 5) is 34.3. The Kier molecular flexibility index (Phi) is 10.9. The van der Waals surface area contributed by atoms with E-state index in [4.69, 9.17) is 25.9 Å². The molecule has 0 radical (unpaired) electrons. The van der Waals surface area contributed by atoms with Crippen LogP contribution >= 0.6 is 11.6 Å². The summed E-state index contributed by atoms with van der Waals surface area (Å²) in [6, 6.07) is 12.6. The molecule has 17 heteroatoms. The summed E-state index contributed by atoms with van der Waals surface area (Å²) in [5.41, 5.74) is 2.22. The molecular weight excluding hydrogens is 729 g/mol. The van der Waals surface area contributed by atoms with Crippen molar-refractivity contribution >= 4 is 50.5 Å². The highest BCUT2D eigenvalue weighted by Gasteiger charge is 2.54. The van der Waals surface area contributed by atoms with Gasteiger partial charge in [-0.3, -0.25) is 9.59 Å². The monoisotopic (exact) mass is 766 g/mol. The number of hydrogen-bond acceptors (Lipinski definition) is 10. The van der Waals surface area contributed by atoms with Crippen LogP contribution < -0.4 is 29.1 Å². The number of rotatable bonds is 13. The predicted molar refractivity (Wildman–Crippen MR) is 189 cm³/mol. The van der Waals surface area contributed by atoms with Gasteiger partial charge >= 0.3 is 6.36 Å². The lowest BCUT2D eigenvalue weighted by molar-refractivity contribution is -0.274. The second-order valence-corrected chi connectivity index (χ2v) is 15.2. The van der Waals surface area contributed by atoms with Gasteiger partial charge in [-0.05, 0) is 55.7 Å². The standard InChI is InChI=1S/C35H38ClF3N4O8S/c1-19(2)31(32(44)42-52(6,46)47)51-41-20(3)21-13-23(16-25(14-21)48-4)40-30(26-9-7-22(36)15-29(26)49-5)33(45)43-18-34(11-12-34)27-10-8-24(17-28(27)43)50-35(37,38)39/h7-10,13-17,19,30-31,40H,11-12,18H2,1-6H3,(H,42,44)/b41-20+. The zero-order valence-corrected chi connectivity index (χ0v) is 30.7. The first-order valence-electron chi connectivity index (χ1n) is 16.1. The average Bonchev–Trinajstić information content (AvgIpc) is 3.77. The van der Waals surface area contributed by atoms with Crippen molar-refractivity contribution < 1.29 is 50.2 Å². The maximum Gasteiger partial charge on any atom is 0.573 e. The van der Waals surface area contributed by atoms with E-state index in [-0.39, 0.29) is 23.4 Å². The van der Waals surface area contributed by atoms with Gasteiger partial charge in [-0.2, -0.15) is 0 Å². The second kappa shape index (κ2) is 14.7. The molecule has 0 bridgehead atoms. The molecule has 1 saturated carbocycles. The highest BCUT2D eigenvalue weighted by molar-refractivity contribution is 7.89. The van der Waals surface area contributed by atoms with Gasteiger partial charge in [0.25, 0.3) is 11.8 Å². The topological polar surface area (TPSA) is 145 Å². The molecule has 1 fully saturated rings. The fourth-order valence-corrected chi connectivity index (χ4v) is 6.70. The summed E-state index contributed by atoms with van der Waals surface area (Å²) < 4.78 is 80.1. The van der Waals surface area contributed by atoms with E-state index < -0.39 is 52.0 Å². The Morgan fingerprint density at radius 1 is 1.00 bits per heavy atom. The average molecular weight is 767 g/mol. The lowest BCUT2D eigenvalue weighted by Crippen LogP contribution is -2.41. The van der Waals surface area contributed by atoms with Crippen LogP contribution in [0.4, 0.5) is 24.5 Å². The number of oxime groups is 1. The predicted octanol–water partition coefficient (Wildman–Crippen LogP) is 6.33. The van der Waals surface area contributed by atoms with Gasteiger partial charge in [-0.1, -0.05) is 42.7 Å². The number of carbonyl (C=O) groups excluding carboxylic acids is 2. The highest BCUT2D eigenvalue weighted by Crippen LogP contribution is 2.57. The summed E-state index contributed by atoms with van der Waals surface area (Å²) in [7, 11) is -0.978. The molecule has 0 saturated heterocycles. The molecule has 280 valence electrons. The van der Waals surface area contributed by atoms with E-state index in [2.05, 4.69) is 15.2 Å². The van der Waals surface area contributed by atoms with Gasteiger partial charge in [0.1, 0.15) is 23.3 Å². The number of anilines is 2. The molecule has 2 amide bonds. The summed E-state index contributed by atoms with van der Waals surface area (Å²) in [5, 5.41) is 7.73. The van der Waals surface area contributed by atoms with E-state index in [1.54, 1.807) is 63.2 Å². The minimum atomic E-state index is -4.92. The number of nitrogens with one attached hydrogen (secondary N) is 2. The molecule has 1 aliphatic heterocycles. The molecule has 52 heavy (non-hydrogen) atoms. The van der Waals surface area contributed by atoms with Crippen molar-refractivity contribution in [2.24, 2.45) is 11.1 Å². The first-order chi connectivity index (χ1) is 24.3. The maximum atomic E-state index is 14.7. The van der Waals surface area contributed by atoms with Crippen molar-refractivity contribution in [3.8, 4) is 17.2 Å². The van der Waals surface area contributed by atoms with Gasteiger partial charge in [-0.25, -0.2) is 13.1 Å². The zero-order chi connectivity index (χ0) is 38.2. The number of methoxy groups -OCH3 is 2. The number of sulfonamides is 1. The Hall–Kier alpha value is -4.70. The lowest BCUT2D eigenvalue weighted by atomic mass is 9.99. The van der Waals surface area contributed by atoms with E-state index >= 15 is 0 Å². The second-order valence-electron chi connectivity index (χ2n) is 13.0. The van der Waals surface area contributed by atoms with Crippen LogP contribution in [0, 0.1) is 5.92 Å². The minimum Gasteiger partial charge on any atom is -0.497 e. The molecule has 12 nitrogen and oxygen atoms in total. The molecule has 2 N–H and O–H groups in total. The van der Waals surface area contributed by atoms with E-state index in [9.17, 15) is 31.2 Å². The summed E-state index contributed by atoms with van der Waals surface area (Å²) in [6.45, 7) is 5.19. The first-order valence-corrected chi connectivity index (χ1v) is 18.3. The van der Waals surface area contributed by atoms with Crippen LogP contribution in [0.25, 0.3) is 0 Å². The van der Waals surface area contributed by atoms with Gasteiger partial charge in [0.15, 0.2) is 0 Å². The zero-order valence-electron chi connectivity index (χ0n) is 29.1. The number of nitrogens with zero attached hydrogens (tertiary/aromatic N) is 2. The molecule has 3 aromatic carbocycles. The SMILES string of the molecule is COc1cc(NC(C(=O)N2CC3(CC3)c3ccc(OC(F)(F)F)cc32)c2ccc(Cl)cc2OC)cc(/C(C)=N/OC(C(=O)NS(C)(=O)=O)C(C)C)c1. The number of alkyl halides is 3. The molecule has 2 atom stereocenters. The molecule has 3 aromatic rings. The summed E-state index contributed by atoms with van der Waals surface area (Å²) in [6.07, 6.45) is -3.77. The van der Waals surface area contributed by atoms with Crippen LogP contribution in [0.5, 0.6) is 17.2 Å². The summed E-state index contributed by atoms with van der Waals surface area (Å²) in [5.74, 6) is -1.61. The lowest BCUT2D eigenvalue weighted by Gasteiger charge is -2.28. The van der Waals surface area contributed by atoms with Crippen molar-refractivity contribution in [1.82, 2.24) is 4.72 Å². The molecule has 1 spiro atoms. The Morgan fingerprint density at radius 3 is 2.31 bits per heavy atom. The van der Waals surface area contributed by atoms with Crippen LogP contribution in [-0.2, 0) is 29.9 Å². The third-order valence-corrected chi connectivity index (χ3v) is 9.53. The van der Waals surface area contributed by atoms with Crippen LogP contribution in [0.2, 0.25) is 5.02 Å². The Morgan fingerprint density at radius 2 is 1.71 bits per heavy atom. The van der Waals surface area contributed by atoms with E-state index in [1.165, 1.54) is 31.3 Å². The van der Waals surface area contributed by atoms with Crippen molar-refractivity contribution in [3.63, 3.8) is 0 Å². The van der Waals surface area contributed by atoms with Crippen LogP contribution in [0.1, 0.15) is 56.3 Å². The number of benzene rings is 3. The number of halogens is 4. The first kappa shape index (κ1) is 38.5. The summed E-state index contributed by atoms with van der Waals surface area (Å²) >= 11 is 6.27. The quantitative estimate of drug-likeness (QED) is 0.151. The maximum absolute atomic E-state index is 14.7. The Balaban J connectivity index is 1.53. The van der Waals surface area contributed by atoms with E-state index in [1.807, 2.05) is 4.72 Å². The van der Waals surface area contributed by atoms with Crippen molar-refractivity contribution in [2.45, 2.75) is 57.5 Å². The van der Waals surface area contributed by atoms with E-state index in [0.29, 0.717) is 33.3 Å². The number of amides is 2. The number of hydrogen-bond donors (Lipinski definition) is 2. The van der Waals surface area contributed by atoms with Gasteiger partial charge in [0.2, 0.25) is 16.1 Å². The van der Waals surface area contributed by atoms with Crippen LogP contribution in [0.15, 0.2) is 59.8 Å². The van der Waals surface area contributed by atoms with Gasteiger partial charge < -0.3 is 29.3 Å². The molecule has 2 aliphatic rings. The highest BCUT2D eigenvalue weighted by atomic mass is 35.5.